The second-order valence-electron chi connectivity index (χ2n) is 14.6. The molecule has 2 nitrogen and oxygen atoms in total. The molecule has 0 bridgehead atoms. The van der Waals surface area contributed by atoms with Crippen molar-refractivity contribution >= 4 is 55.7 Å². The highest BCUT2D eigenvalue weighted by atomic mass is 15.2. The monoisotopic (exact) mass is 740 g/mol. The van der Waals surface area contributed by atoms with Crippen molar-refractivity contribution in [3.05, 3.63) is 243 Å². The van der Waals surface area contributed by atoms with E-state index in [1.165, 1.54) is 54.9 Å². The van der Waals surface area contributed by atoms with E-state index in [-0.39, 0.29) is 0 Å². The zero-order valence-corrected chi connectivity index (χ0v) is 32.0. The van der Waals surface area contributed by atoms with Crippen molar-refractivity contribution in [1.29, 1.82) is 0 Å². The summed E-state index contributed by atoms with van der Waals surface area (Å²) in [4.78, 5) is 4.74. The fourth-order valence-electron chi connectivity index (χ4n) is 8.26. The Labute approximate surface area is 340 Å². The van der Waals surface area contributed by atoms with Crippen molar-refractivity contribution in [3.63, 3.8) is 0 Å². The van der Waals surface area contributed by atoms with E-state index in [9.17, 15) is 0 Å². The topological polar surface area (TPSA) is 6.48 Å². The van der Waals surface area contributed by atoms with E-state index < -0.39 is 0 Å². The Hall–Kier alpha value is -7.68. The molecule has 274 valence electrons. The fourth-order valence-corrected chi connectivity index (χ4v) is 8.26. The van der Waals surface area contributed by atoms with Crippen LogP contribution >= 0.6 is 0 Å². The van der Waals surface area contributed by atoms with Gasteiger partial charge in [-0.15, -0.1) is 0 Å². The molecule has 58 heavy (non-hydrogen) atoms. The highest BCUT2D eigenvalue weighted by molar-refractivity contribution is 6.11. The van der Waals surface area contributed by atoms with Crippen molar-refractivity contribution in [2.75, 3.05) is 9.80 Å². The van der Waals surface area contributed by atoms with Gasteiger partial charge in [0.15, 0.2) is 0 Å². The minimum Gasteiger partial charge on any atom is -0.311 e. The second kappa shape index (κ2) is 15.5. The second-order valence-corrected chi connectivity index (χ2v) is 14.6. The predicted molar refractivity (Wildman–Crippen MR) is 247 cm³/mol. The first-order valence-electron chi connectivity index (χ1n) is 19.8. The predicted octanol–water partition coefficient (Wildman–Crippen LogP) is 15.9. The largest absolute Gasteiger partial charge is 0.311 e. The SMILES string of the molecule is c1ccc(-c2ccc(N(c3ccc(-c4ccccc4)cc3)c3ccc(N(c4ccccc4)c4cccc5cccc(-c6cccc7ccccc67)c45)cc3)cc2)cc1. The fraction of sp³-hybridized carbons (Fsp3) is 0. The van der Waals surface area contributed by atoms with Crippen LogP contribution in [-0.2, 0) is 0 Å². The van der Waals surface area contributed by atoms with Crippen molar-refractivity contribution in [1.82, 2.24) is 0 Å². The van der Waals surface area contributed by atoms with Gasteiger partial charge in [-0.2, -0.15) is 0 Å². The van der Waals surface area contributed by atoms with Gasteiger partial charge in [0.1, 0.15) is 0 Å². The van der Waals surface area contributed by atoms with E-state index in [1.807, 2.05) is 0 Å². The standard InChI is InChI=1S/C56H40N2/c1-4-15-41(16-5-1)43-29-33-48(34-30-43)57(49-35-31-44(32-36-49)42-17-6-2-7-18-42)50-37-39-51(40-38-50)58(47-23-8-3-9-24-47)55-28-14-22-46-21-13-27-54(56(46)55)53-26-12-20-45-19-10-11-25-52(45)53/h1-40H. The molecule has 0 radical (unpaired) electrons. The number of hydrogen-bond acceptors (Lipinski definition) is 2. The number of anilines is 6. The third-order valence-electron chi connectivity index (χ3n) is 11.0. The molecule has 0 amide bonds. The summed E-state index contributed by atoms with van der Waals surface area (Å²) in [5, 5.41) is 4.90. The van der Waals surface area contributed by atoms with Crippen molar-refractivity contribution in [2.24, 2.45) is 0 Å². The molecule has 10 aromatic rings. The molecule has 0 aliphatic carbocycles. The lowest BCUT2D eigenvalue weighted by Gasteiger charge is -2.29. The van der Waals surface area contributed by atoms with E-state index in [0.717, 1.165) is 34.1 Å². The Kier molecular flexibility index (Phi) is 9.27. The molecular weight excluding hydrogens is 701 g/mol. The number of nitrogens with zero attached hydrogens (tertiary/aromatic N) is 2. The quantitative estimate of drug-likeness (QED) is 0.145. The van der Waals surface area contributed by atoms with Crippen LogP contribution in [0.15, 0.2) is 243 Å². The first-order chi connectivity index (χ1) is 28.8. The molecule has 0 atom stereocenters. The van der Waals surface area contributed by atoms with E-state index in [1.54, 1.807) is 0 Å². The van der Waals surface area contributed by atoms with E-state index in [0.29, 0.717) is 0 Å². The Balaban J connectivity index is 1.10. The van der Waals surface area contributed by atoms with Crippen LogP contribution in [0.25, 0.3) is 54.9 Å². The number of benzene rings is 10. The van der Waals surface area contributed by atoms with Crippen LogP contribution in [0.2, 0.25) is 0 Å². The molecule has 0 saturated carbocycles. The third kappa shape index (κ3) is 6.67. The van der Waals surface area contributed by atoms with Gasteiger partial charge < -0.3 is 9.80 Å². The van der Waals surface area contributed by atoms with Gasteiger partial charge in [0.2, 0.25) is 0 Å². The molecule has 2 heteroatoms. The smallest absolute Gasteiger partial charge is 0.0546 e. The summed E-state index contributed by atoms with van der Waals surface area (Å²) in [5.41, 5.74) is 13.8. The van der Waals surface area contributed by atoms with Crippen LogP contribution in [-0.4, -0.2) is 0 Å². The van der Waals surface area contributed by atoms with Gasteiger partial charge in [0.05, 0.1) is 5.69 Å². The average molecular weight is 741 g/mol. The maximum Gasteiger partial charge on any atom is 0.0546 e. The van der Waals surface area contributed by atoms with Crippen LogP contribution in [0.4, 0.5) is 34.1 Å². The average Bonchev–Trinajstić information content (AvgIpc) is 3.31. The summed E-state index contributed by atoms with van der Waals surface area (Å²) in [5.74, 6) is 0. The molecule has 10 rings (SSSR count). The third-order valence-corrected chi connectivity index (χ3v) is 11.0. The molecule has 0 saturated heterocycles. The molecule has 0 aromatic heterocycles. The van der Waals surface area contributed by atoms with Gasteiger partial charge >= 0.3 is 0 Å². The van der Waals surface area contributed by atoms with Gasteiger partial charge in [-0.1, -0.05) is 176 Å². The maximum atomic E-state index is 2.40. The molecular formula is C56H40N2. The first-order valence-corrected chi connectivity index (χ1v) is 19.8. The number of rotatable bonds is 9. The lowest BCUT2D eigenvalue weighted by Crippen LogP contribution is -2.12. The lowest BCUT2D eigenvalue weighted by molar-refractivity contribution is 1.26. The van der Waals surface area contributed by atoms with Crippen LogP contribution in [0, 0.1) is 0 Å². The van der Waals surface area contributed by atoms with Crippen LogP contribution in [0.3, 0.4) is 0 Å². The van der Waals surface area contributed by atoms with Gasteiger partial charge in [0.25, 0.3) is 0 Å². The zero-order valence-electron chi connectivity index (χ0n) is 32.0. The molecule has 0 heterocycles. The minimum atomic E-state index is 1.08. The van der Waals surface area contributed by atoms with Gasteiger partial charge in [-0.3, -0.25) is 0 Å². The van der Waals surface area contributed by atoms with Crippen molar-refractivity contribution < 1.29 is 0 Å². The zero-order chi connectivity index (χ0) is 38.7. The van der Waals surface area contributed by atoms with Crippen LogP contribution < -0.4 is 9.80 Å². The summed E-state index contributed by atoms with van der Waals surface area (Å²) in [7, 11) is 0. The molecule has 0 fully saturated rings. The molecule has 0 aliphatic rings. The minimum absolute atomic E-state index is 1.08. The molecule has 10 aromatic carbocycles. The number of hydrogen-bond donors (Lipinski definition) is 0. The van der Waals surface area contributed by atoms with E-state index in [2.05, 4.69) is 252 Å². The van der Waals surface area contributed by atoms with Crippen molar-refractivity contribution in [3.8, 4) is 33.4 Å². The Morgan fingerprint density at radius 2 is 0.603 bits per heavy atom. The number of para-hydroxylation sites is 1. The summed E-state index contributed by atoms with van der Waals surface area (Å²) in [6.45, 7) is 0. The molecule has 0 unspecified atom stereocenters. The summed E-state index contributed by atoms with van der Waals surface area (Å²) in [6.07, 6.45) is 0. The first kappa shape index (κ1) is 34.8. The Bertz CT molecular complexity index is 2860. The maximum absolute atomic E-state index is 2.40. The Morgan fingerprint density at radius 3 is 1.17 bits per heavy atom. The Morgan fingerprint density at radius 1 is 0.224 bits per heavy atom. The lowest BCUT2D eigenvalue weighted by atomic mass is 9.92. The molecule has 0 aliphatic heterocycles. The van der Waals surface area contributed by atoms with E-state index >= 15 is 0 Å². The van der Waals surface area contributed by atoms with Crippen molar-refractivity contribution in [2.45, 2.75) is 0 Å². The van der Waals surface area contributed by atoms with Crippen LogP contribution in [0.1, 0.15) is 0 Å². The summed E-state index contributed by atoms with van der Waals surface area (Å²) in [6, 6.07) is 87.2. The summed E-state index contributed by atoms with van der Waals surface area (Å²) >= 11 is 0. The van der Waals surface area contributed by atoms with E-state index in [4.69, 9.17) is 0 Å². The highest BCUT2D eigenvalue weighted by Crippen LogP contribution is 2.45. The molecule has 0 N–H and O–H groups in total. The van der Waals surface area contributed by atoms with Gasteiger partial charge in [0, 0.05) is 33.8 Å². The number of fused-ring (bicyclic) bond motifs is 2. The molecule has 0 spiro atoms. The van der Waals surface area contributed by atoms with Crippen LogP contribution in [0.5, 0.6) is 0 Å². The summed E-state index contributed by atoms with van der Waals surface area (Å²) < 4.78 is 0. The highest BCUT2D eigenvalue weighted by Gasteiger charge is 2.20. The normalized spacial score (nSPS) is 11.1. The van der Waals surface area contributed by atoms with Gasteiger partial charge in [-0.25, -0.2) is 0 Å². The van der Waals surface area contributed by atoms with Gasteiger partial charge in [-0.05, 0) is 116 Å².